The summed E-state index contributed by atoms with van der Waals surface area (Å²) >= 11 is 0. The second kappa shape index (κ2) is 8.22. The molecule has 0 aromatic carbocycles. The fourth-order valence-electron chi connectivity index (χ4n) is 3.33. The van der Waals surface area contributed by atoms with Gasteiger partial charge in [0.25, 0.3) is 0 Å². The minimum Gasteiger partial charge on any atom is -0.382 e. The van der Waals surface area contributed by atoms with E-state index in [1.54, 1.807) is 6.07 Å². The zero-order valence-electron chi connectivity index (χ0n) is 16.5. The van der Waals surface area contributed by atoms with Gasteiger partial charge in [-0.3, -0.25) is 0 Å². The molecule has 0 aliphatic rings. The van der Waals surface area contributed by atoms with Gasteiger partial charge in [0, 0.05) is 31.1 Å². The predicted molar refractivity (Wildman–Crippen MR) is 109 cm³/mol. The molecule has 0 aliphatic carbocycles. The van der Waals surface area contributed by atoms with Crippen molar-refractivity contribution in [3.63, 3.8) is 0 Å². The Hall–Kier alpha value is -2.55. The van der Waals surface area contributed by atoms with Crippen molar-refractivity contribution in [3.05, 3.63) is 35.5 Å². The summed E-state index contributed by atoms with van der Waals surface area (Å²) < 4.78 is 26.7. The lowest BCUT2D eigenvalue weighted by atomic mass is 10.2. The summed E-state index contributed by atoms with van der Waals surface area (Å²) in [4.78, 5) is 16.7. The molecule has 3 heterocycles. The highest BCUT2D eigenvalue weighted by atomic mass is 32.2. The van der Waals surface area contributed by atoms with Gasteiger partial charge in [0.15, 0.2) is 5.82 Å². The number of imidazole rings is 1. The molecule has 3 rings (SSSR count). The fourth-order valence-corrected chi connectivity index (χ4v) is 4.54. The number of nitrogen functional groups attached to an aromatic ring is 1. The maximum Gasteiger partial charge on any atom is 0.246 e. The van der Waals surface area contributed by atoms with Gasteiger partial charge in [0.05, 0.1) is 11.3 Å². The van der Waals surface area contributed by atoms with Crippen LogP contribution in [0.15, 0.2) is 23.6 Å². The SMILES string of the molecule is CCc1nc2c(N)nc(C)c(C)c2n1CCCCCS(=O)(=O)c1ncccn1. The van der Waals surface area contributed by atoms with E-state index in [4.69, 9.17) is 5.73 Å². The van der Waals surface area contributed by atoms with E-state index in [-0.39, 0.29) is 10.9 Å². The van der Waals surface area contributed by atoms with Gasteiger partial charge in [-0.15, -0.1) is 0 Å². The lowest BCUT2D eigenvalue weighted by Crippen LogP contribution is -2.11. The number of nitrogens with two attached hydrogens (primary N) is 1. The van der Waals surface area contributed by atoms with Gasteiger partial charge < -0.3 is 10.3 Å². The van der Waals surface area contributed by atoms with E-state index in [9.17, 15) is 8.42 Å². The molecule has 0 bridgehead atoms. The van der Waals surface area contributed by atoms with Crippen molar-refractivity contribution in [2.45, 2.75) is 58.2 Å². The lowest BCUT2D eigenvalue weighted by molar-refractivity contribution is 0.569. The fraction of sp³-hybridized carbons (Fsp3) is 0.474. The van der Waals surface area contributed by atoms with Crippen molar-refractivity contribution in [1.82, 2.24) is 24.5 Å². The first-order valence-corrected chi connectivity index (χ1v) is 11.1. The average Bonchev–Trinajstić information content (AvgIpc) is 3.06. The third-order valence-corrected chi connectivity index (χ3v) is 6.50. The molecule has 0 saturated heterocycles. The number of sulfone groups is 1. The van der Waals surface area contributed by atoms with Gasteiger partial charge >= 0.3 is 0 Å². The summed E-state index contributed by atoms with van der Waals surface area (Å²) in [5, 5.41) is -0.0991. The number of anilines is 1. The van der Waals surface area contributed by atoms with Gasteiger partial charge in [-0.2, -0.15) is 0 Å². The molecule has 2 N–H and O–H groups in total. The number of rotatable bonds is 8. The Bertz CT molecular complexity index is 1080. The molecule has 3 aromatic rings. The molecule has 0 fully saturated rings. The molecular formula is C19H26N6O2S. The highest BCUT2D eigenvalue weighted by Gasteiger charge is 2.18. The average molecular weight is 403 g/mol. The minimum atomic E-state index is -3.43. The summed E-state index contributed by atoms with van der Waals surface area (Å²) in [7, 11) is -3.43. The molecule has 0 radical (unpaired) electrons. The molecule has 0 atom stereocenters. The third kappa shape index (κ3) is 3.99. The Balaban J connectivity index is 1.68. The van der Waals surface area contributed by atoms with Crippen molar-refractivity contribution >= 4 is 26.7 Å². The van der Waals surface area contributed by atoms with E-state index in [2.05, 4.69) is 31.4 Å². The van der Waals surface area contributed by atoms with Crippen LogP contribution in [-0.2, 0) is 22.8 Å². The van der Waals surface area contributed by atoms with Crippen LogP contribution in [-0.4, -0.2) is 38.7 Å². The van der Waals surface area contributed by atoms with Gasteiger partial charge in [-0.05, 0) is 38.3 Å². The molecule has 8 nitrogen and oxygen atoms in total. The second-order valence-electron chi connectivity index (χ2n) is 6.85. The molecular weight excluding hydrogens is 376 g/mol. The van der Waals surface area contributed by atoms with E-state index in [0.717, 1.165) is 53.9 Å². The van der Waals surface area contributed by atoms with E-state index in [1.165, 1.54) is 12.4 Å². The number of aromatic nitrogens is 5. The van der Waals surface area contributed by atoms with Crippen LogP contribution in [0, 0.1) is 13.8 Å². The zero-order chi connectivity index (χ0) is 20.3. The molecule has 9 heteroatoms. The molecule has 0 amide bonds. The van der Waals surface area contributed by atoms with Gasteiger partial charge in [0.2, 0.25) is 15.0 Å². The van der Waals surface area contributed by atoms with E-state index in [0.29, 0.717) is 12.2 Å². The third-order valence-electron chi connectivity index (χ3n) is 4.91. The molecule has 3 aromatic heterocycles. The Kier molecular flexibility index (Phi) is 5.93. The van der Waals surface area contributed by atoms with Crippen molar-refractivity contribution < 1.29 is 8.42 Å². The first kappa shape index (κ1) is 20.2. The number of aryl methyl sites for hydroxylation is 4. The quantitative estimate of drug-likeness (QED) is 0.454. The lowest BCUT2D eigenvalue weighted by Gasteiger charge is -2.11. The standard InChI is InChI=1S/C19H26N6O2S/c1-4-15-24-16-17(13(2)14(3)23-18(16)20)25(15)11-6-5-7-12-28(26,27)19-21-9-8-10-22-19/h8-10H,4-7,11-12H2,1-3H3,(H2,20,23). The van der Waals surface area contributed by atoms with Gasteiger partial charge in [-0.1, -0.05) is 13.3 Å². The normalized spacial score (nSPS) is 12.0. The Morgan fingerprint density at radius 1 is 1.07 bits per heavy atom. The van der Waals surface area contributed by atoms with E-state index < -0.39 is 9.84 Å². The van der Waals surface area contributed by atoms with Crippen LogP contribution in [0.1, 0.15) is 43.3 Å². The number of hydrogen-bond acceptors (Lipinski definition) is 7. The maximum atomic E-state index is 12.3. The number of pyridine rings is 1. The summed E-state index contributed by atoms with van der Waals surface area (Å²) in [6, 6.07) is 1.60. The monoisotopic (exact) mass is 402 g/mol. The molecule has 0 unspecified atom stereocenters. The molecule has 150 valence electrons. The first-order valence-electron chi connectivity index (χ1n) is 9.46. The Morgan fingerprint density at radius 3 is 2.46 bits per heavy atom. The van der Waals surface area contributed by atoms with Gasteiger partial charge in [-0.25, -0.2) is 28.4 Å². The van der Waals surface area contributed by atoms with Crippen LogP contribution in [0.4, 0.5) is 5.82 Å². The van der Waals surface area contributed by atoms with E-state index in [1.807, 2.05) is 13.8 Å². The van der Waals surface area contributed by atoms with E-state index >= 15 is 0 Å². The number of fused-ring (bicyclic) bond motifs is 1. The molecule has 28 heavy (non-hydrogen) atoms. The topological polar surface area (TPSA) is 117 Å². The number of nitrogens with zero attached hydrogens (tertiary/aromatic N) is 5. The van der Waals surface area contributed by atoms with Crippen LogP contribution in [0.25, 0.3) is 11.0 Å². The summed E-state index contributed by atoms with van der Waals surface area (Å²) in [6.45, 7) is 6.82. The smallest absolute Gasteiger partial charge is 0.246 e. The maximum absolute atomic E-state index is 12.3. The zero-order valence-corrected chi connectivity index (χ0v) is 17.3. The van der Waals surface area contributed by atoms with Gasteiger partial charge in [0.1, 0.15) is 11.3 Å². The van der Waals surface area contributed by atoms with Crippen molar-refractivity contribution in [2.75, 3.05) is 11.5 Å². The Morgan fingerprint density at radius 2 is 1.79 bits per heavy atom. The minimum absolute atomic E-state index is 0.0529. The summed E-state index contributed by atoms with van der Waals surface area (Å²) in [5.41, 5.74) is 9.85. The summed E-state index contributed by atoms with van der Waals surface area (Å²) in [6.07, 6.45) is 5.89. The van der Waals surface area contributed by atoms with Crippen molar-refractivity contribution in [2.24, 2.45) is 0 Å². The van der Waals surface area contributed by atoms with Crippen molar-refractivity contribution in [3.8, 4) is 0 Å². The van der Waals surface area contributed by atoms with Crippen LogP contribution in [0.2, 0.25) is 0 Å². The highest BCUT2D eigenvalue weighted by molar-refractivity contribution is 7.91. The van der Waals surface area contributed by atoms with Crippen LogP contribution >= 0.6 is 0 Å². The molecule has 0 aliphatic heterocycles. The molecule has 0 saturated carbocycles. The predicted octanol–water partition coefficient (Wildman–Crippen LogP) is 2.63. The number of hydrogen-bond donors (Lipinski definition) is 1. The van der Waals surface area contributed by atoms with Crippen LogP contribution < -0.4 is 5.73 Å². The Labute approximate surface area is 165 Å². The largest absolute Gasteiger partial charge is 0.382 e. The summed E-state index contributed by atoms with van der Waals surface area (Å²) in [5.74, 6) is 1.49. The van der Waals surface area contributed by atoms with Crippen LogP contribution in [0.5, 0.6) is 0 Å². The second-order valence-corrected chi connectivity index (χ2v) is 8.85. The van der Waals surface area contributed by atoms with Crippen molar-refractivity contribution in [1.29, 1.82) is 0 Å². The number of unbranched alkanes of at least 4 members (excludes halogenated alkanes) is 2. The highest BCUT2D eigenvalue weighted by Crippen LogP contribution is 2.26. The molecule has 0 spiro atoms. The van der Waals surface area contributed by atoms with Crippen LogP contribution in [0.3, 0.4) is 0 Å². The first-order chi connectivity index (χ1) is 13.3.